The zero-order valence-electron chi connectivity index (χ0n) is 13.0. The summed E-state index contributed by atoms with van der Waals surface area (Å²) >= 11 is 12.1. The smallest absolute Gasteiger partial charge is 0.119 e. The van der Waals surface area contributed by atoms with Crippen LogP contribution in [0.2, 0.25) is 10.0 Å². The Labute approximate surface area is 146 Å². The van der Waals surface area contributed by atoms with Crippen LogP contribution in [-0.2, 0) is 6.61 Å². The standard InChI is InChI=1S/C19H17Cl2NO/c1-13-3-4-14(2)22(13)17-7-9-18(10-8-17)23-12-15-5-6-16(20)11-19(15)21/h3-11H,12H2,1-2H3. The normalized spacial score (nSPS) is 10.8. The minimum atomic E-state index is 0.414. The molecule has 4 heteroatoms. The SMILES string of the molecule is Cc1ccc(C)n1-c1ccc(OCc2ccc(Cl)cc2Cl)cc1. The average molecular weight is 346 g/mol. The van der Waals surface area contributed by atoms with Crippen LogP contribution in [0.25, 0.3) is 5.69 Å². The molecule has 0 unspecified atom stereocenters. The molecule has 0 aliphatic rings. The van der Waals surface area contributed by atoms with E-state index in [1.807, 2.05) is 24.3 Å². The molecule has 23 heavy (non-hydrogen) atoms. The summed E-state index contributed by atoms with van der Waals surface area (Å²) < 4.78 is 8.02. The first-order chi connectivity index (χ1) is 11.0. The van der Waals surface area contributed by atoms with E-state index in [1.54, 1.807) is 6.07 Å². The quantitative estimate of drug-likeness (QED) is 0.567. The van der Waals surface area contributed by atoms with Crippen LogP contribution in [0.5, 0.6) is 5.75 Å². The Bertz CT molecular complexity index is 802. The second kappa shape index (κ2) is 6.69. The van der Waals surface area contributed by atoms with Gasteiger partial charge in [-0.25, -0.2) is 0 Å². The van der Waals surface area contributed by atoms with Gasteiger partial charge in [0.15, 0.2) is 0 Å². The van der Waals surface area contributed by atoms with Gasteiger partial charge in [-0.15, -0.1) is 0 Å². The van der Waals surface area contributed by atoms with E-state index in [-0.39, 0.29) is 0 Å². The van der Waals surface area contributed by atoms with Crippen LogP contribution < -0.4 is 4.74 Å². The van der Waals surface area contributed by atoms with Crippen LogP contribution in [0.15, 0.2) is 54.6 Å². The van der Waals surface area contributed by atoms with Gasteiger partial charge in [0, 0.05) is 32.7 Å². The van der Waals surface area contributed by atoms with Crippen molar-refractivity contribution in [1.82, 2.24) is 4.57 Å². The first-order valence-corrected chi connectivity index (χ1v) is 8.12. The number of ether oxygens (including phenoxy) is 1. The second-order valence-electron chi connectivity index (χ2n) is 5.47. The third-order valence-electron chi connectivity index (χ3n) is 3.78. The predicted octanol–water partition coefficient (Wildman–Crippen LogP) is 5.98. The summed E-state index contributed by atoms with van der Waals surface area (Å²) in [5.74, 6) is 0.808. The number of hydrogen-bond acceptors (Lipinski definition) is 1. The number of benzene rings is 2. The second-order valence-corrected chi connectivity index (χ2v) is 6.31. The summed E-state index contributed by atoms with van der Waals surface area (Å²) in [6.07, 6.45) is 0. The van der Waals surface area contributed by atoms with Crippen LogP contribution in [0.1, 0.15) is 17.0 Å². The van der Waals surface area contributed by atoms with Crippen molar-refractivity contribution >= 4 is 23.2 Å². The molecule has 0 saturated heterocycles. The van der Waals surface area contributed by atoms with Crippen molar-refractivity contribution in [3.05, 3.63) is 81.6 Å². The number of aryl methyl sites for hydroxylation is 2. The molecule has 1 aromatic heterocycles. The number of rotatable bonds is 4. The maximum Gasteiger partial charge on any atom is 0.119 e. The summed E-state index contributed by atoms with van der Waals surface area (Å²) in [6.45, 7) is 4.61. The van der Waals surface area contributed by atoms with Gasteiger partial charge >= 0.3 is 0 Å². The van der Waals surface area contributed by atoms with Gasteiger partial charge in [0.2, 0.25) is 0 Å². The van der Waals surface area contributed by atoms with Crippen molar-refractivity contribution in [2.45, 2.75) is 20.5 Å². The van der Waals surface area contributed by atoms with E-state index < -0.39 is 0 Å². The molecule has 0 bridgehead atoms. The van der Waals surface area contributed by atoms with Crippen LogP contribution in [0.3, 0.4) is 0 Å². The fourth-order valence-corrected chi connectivity index (χ4v) is 3.03. The van der Waals surface area contributed by atoms with Crippen molar-refractivity contribution < 1.29 is 4.74 Å². The maximum absolute atomic E-state index is 6.16. The van der Waals surface area contributed by atoms with Crippen LogP contribution in [0.4, 0.5) is 0 Å². The number of nitrogens with zero attached hydrogens (tertiary/aromatic N) is 1. The fourth-order valence-electron chi connectivity index (χ4n) is 2.57. The van der Waals surface area contributed by atoms with Crippen molar-refractivity contribution in [1.29, 1.82) is 0 Å². The molecule has 0 fully saturated rings. The van der Waals surface area contributed by atoms with E-state index in [9.17, 15) is 0 Å². The molecule has 0 atom stereocenters. The van der Waals surface area contributed by atoms with E-state index in [1.165, 1.54) is 11.4 Å². The third kappa shape index (κ3) is 3.54. The van der Waals surface area contributed by atoms with Crippen LogP contribution in [-0.4, -0.2) is 4.57 Å². The lowest BCUT2D eigenvalue weighted by atomic mass is 10.2. The minimum Gasteiger partial charge on any atom is -0.489 e. The highest BCUT2D eigenvalue weighted by molar-refractivity contribution is 6.35. The molecule has 0 amide bonds. The summed E-state index contributed by atoms with van der Waals surface area (Å²) in [4.78, 5) is 0. The van der Waals surface area contributed by atoms with Gasteiger partial charge in [0.1, 0.15) is 12.4 Å². The minimum absolute atomic E-state index is 0.414. The van der Waals surface area contributed by atoms with Crippen molar-refractivity contribution in [2.75, 3.05) is 0 Å². The van der Waals surface area contributed by atoms with Gasteiger partial charge in [-0.1, -0.05) is 29.3 Å². The van der Waals surface area contributed by atoms with E-state index in [2.05, 4.69) is 42.7 Å². The van der Waals surface area contributed by atoms with E-state index in [4.69, 9.17) is 27.9 Å². The highest BCUT2D eigenvalue weighted by Gasteiger charge is 2.05. The number of aromatic nitrogens is 1. The van der Waals surface area contributed by atoms with E-state index in [0.717, 1.165) is 17.0 Å². The van der Waals surface area contributed by atoms with Crippen LogP contribution in [0, 0.1) is 13.8 Å². The molecule has 1 heterocycles. The van der Waals surface area contributed by atoms with Gasteiger partial charge < -0.3 is 9.30 Å². The largest absolute Gasteiger partial charge is 0.489 e. The summed E-state index contributed by atoms with van der Waals surface area (Å²) in [7, 11) is 0. The van der Waals surface area contributed by atoms with Gasteiger partial charge in [-0.2, -0.15) is 0 Å². The molecule has 0 aliphatic heterocycles. The molecule has 2 aromatic carbocycles. The monoisotopic (exact) mass is 345 g/mol. The Morgan fingerprint density at radius 3 is 2.13 bits per heavy atom. The van der Waals surface area contributed by atoms with Gasteiger partial charge in [-0.3, -0.25) is 0 Å². The lowest BCUT2D eigenvalue weighted by Crippen LogP contribution is -1.99. The summed E-state index contributed by atoms with van der Waals surface area (Å²) in [5.41, 5.74) is 4.47. The van der Waals surface area contributed by atoms with Crippen molar-refractivity contribution in [2.24, 2.45) is 0 Å². The molecule has 3 rings (SSSR count). The third-order valence-corrected chi connectivity index (χ3v) is 4.36. The van der Waals surface area contributed by atoms with E-state index in [0.29, 0.717) is 16.7 Å². The van der Waals surface area contributed by atoms with Gasteiger partial charge in [-0.05, 0) is 62.4 Å². The molecule has 118 valence electrons. The molecule has 0 N–H and O–H groups in total. The molecule has 0 aliphatic carbocycles. The zero-order chi connectivity index (χ0) is 16.4. The Kier molecular flexibility index (Phi) is 4.65. The Morgan fingerprint density at radius 1 is 0.870 bits per heavy atom. The van der Waals surface area contributed by atoms with Gasteiger partial charge in [0.25, 0.3) is 0 Å². The molecule has 0 radical (unpaired) electrons. The first-order valence-electron chi connectivity index (χ1n) is 7.37. The molecular weight excluding hydrogens is 329 g/mol. The predicted molar refractivity (Wildman–Crippen MR) is 96.0 cm³/mol. The van der Waals surface area contributed by atoms with E-state index >= 15 is 0 Å². The summed E-state index contributed by atoms with van der Waals surface area (Å²) in [6, 6.07) is 17.7. The highest BCUT2D eigenvalue weighted by atomic mass is 35.5. The first kappa shape index (κ1) is 16.0. The molecular formula is C19H17Cl2NO. The number of halogens is 2. The Morgan fingerprint density at radius 2 is 1.52 bits per heavy atom. The highest BCUT2D eigenvalue weighted by Crippen LogP contribution is 2.24. The maximum atomic E-state index is 6.16. The Balaban J connectivity index is 1.73. The molecule has 0 spiro atoms. The van der Waals surface area contributed by atoms with Gasteiger partial charge in [0.05, 0.1) is 0 Å². The Hall–Kier alpha value is -1.90. The average Bonchev–Trinajstić information content (AvgIpc) is 2.86. The molecule has 0 saturated carbocycles. The summed E-state index contributed by atoms with van der Waals surface area (Å²) in [5, 5.41) is 1.24. The fraction of sp³-hybridized carbons (Fsp3) is 0.158. The zero-order valence-corrected chi connectivity index (χ0v) is 14.5. The lowest BCUT2D eigenvalue weighted by molar-refractivity contribution is 0.306. The van der Waals surface area contributed by atoms with Crippen molar-refractivity contribution in [3.63, 3.8) is 0 Å². The van der Waals surface area contributed by atoms with Crippen LogP contribution >= 0.6 is 23.2 Å². The number of hydrogen-bond donors (Lipinski definition) is 0. The van der Waals surface area contributed by atoms with Crippen molar-refractivity contribution in [3.8, 4) is 11.4 Å². The molecule has 3 aromatic rings. The molecule has 2 nitrogen and oxygen atoms in total. The lowest BCUT2D eigenvalue weighted by Gasteiger charge is -2.11. The topological polar surface area (TPSA) is 14.2 Å².